The maximum absolute atomic E-state index is 5.81. The third-order valence-electron chi connectivity index (χ3n) is 5.44. The summed E-state index contributed by atoms with van der Waals surface area (Å²) in [6.07, 6.45) is 1.02. The average molecular weight is 444 g/mol. The number of hydrogen-bond acceptors (Lipinski definition) is 5. The molecule has 0 unspecified atom stereocenters. The van der Waals surface area contributed by atoms with Crippen LogP contribution in [0, 0.1) is 6.92 Å². The van der Waals surface area contributed by atoms with Crippen molar-refractivity contribution in [1.82, 2.24) is 9.80 Å². The summed E-state index contributed by atoms with van der Waals surface area (Å²) in [5.41, 5.74) is 3.26. The second kappa shape index (κ2) is 11.9. The van der Waals surface area contributed by atoms with Crippen molar-refractivity contribution in [2.24, 2.45) is 0 Å². The summed E-state index contributed by atoms with van der Waals surface area (Å²) in [4.78, 5) is 4.65. The first-order valence-electron chi connectivity index (χ1n) is 10.7. The molecule has 0 radical (unpaired) electrons. The van der Waals surface area contributed by atoms with Gasteiger partial charge in [0.2, 0.25) is 0 Å². The van der Waals surface area contributed by atoms with Gasteiger partial charge in [0.05, 0.1) is 27.4 Å². The van der Waals surface area contributed by atoms with Crippen LogP contribution in [0.25, 0.3) is 0 Å². The summed E-state index contributed by atoms with van der Waals surface area (Å²) in [5.74, 6) is 1.48. The van der Waals surface area contributed by atoms with Crippen LogP contribution >= 0.6 is 12.2 Å². The second-order valence-corrected chi connectivity index (χ2v) is 8.06. The summed E-state index contributed by atoms with van der Waals surface area (Å²) < 4.78 is 16.6. The van der Waals surface area contributed by atoms with Crippen LogP contribution in [0.4, 0.5) is 5.69 Å². The minimum absolute atomic E-state index is 0.640. The highest BCUT2D eigenvalue weighted by Gasteiger charge is 2.17. The molecule has 0 atom stereocenters. The molecule has 168 valence electrons. The van der Waals surface area contributed by atoms with Gasteiger partial charge in [-0.2, -0.15) is 0 Å². The average Bonchev–Trinajstić information content (AvgIpc) is 2.80. The van der Waals surface area contributed by atoms with Gasteiger partial charge in [-0.25, -0.2) is 0 Å². The summed E-state index contributed by atoms with van der Waals surface area (Å²) >= 11 is 5.81. The molecule has 7 heteroatoms. The maximum atomic E-state index is 5.81. The van der Waals surface area contributed by atoms with Crippen molar-refractivity contribution < 1.29 is 14.2 Å². The standard InChI is InChI=1S/C24H33N3O3S/c1-19-8-10-21(11-9-19)25-24(31)27(13-5-12-26-14-16-30-17-15-26)18-20-6-4-7-22(28-2)23(20)29-3/h4,6-11H,5,12-18H2,1-3H3,(H,25,31). The molecular weight excluding hydrogens is 410 g/mol. The van der Waals surface area contributed by atoms with Gasteiger partial charge in [0, 0.05) is 44.0 Å². The van der Waals surface area contributed by atoms with Crippen molar-refractivity contribution in [3.63, 3.8) is 0 Å². The van der Waals surface area contributed by atoms with Gasteiger partial charge in [0.15, 0.2) is 16.6 Å². The Morgan fingerprint density at radius 3 is 2.52 bits per heavy atom. The van der Waals surface area contributed by atoms with Gasteiger partial charge in [0.25, 0.3) is 0 Å². The van der Waals surface area contributed by atoms with Gasteiger partial charge >= 0.3 is 0 Å². The Kier molecular flexibility index (Phi) is 8.94. The number of hydrogen-bond donors (Lipinski definition) is 1. The van der Waals surface area contributed by atoms with Crippen LogP contribution in [0.3, 0.4) is 0 Å². The highest BCUT2D eigenvalue weighted by molar-refractivity contribution is 7.80. The molecule has 1 heterocycles. The van der Waals surface area contributed by atoms with E-state index in [0.29, 0.717) is 11.7 Å². The molecular formula is C24H33N3O3S. The third-order valence-corrected chi connectivity index (χ3v) is 5.80. The number of nitrogens with zero attached hydrogens (tertiary/aromatic N) is 2. The molecule has 0 aromatic heterocycles. The highest BCUT2D eigenvalue weighted by Crippen LogP contribution is 2.31. The van der Waals surface area contributed by atoms with Crippen LogP contribution in [0.15, 0.2) is 42.5 Å². The highest BCUT2D eigenvalue weighted by atomic mass is 32.1. The van der Waals surface area contributed by atoms with E-state index in [1.165, 1.54) is 5.56 Å². The molecule has 1 fully saturated rings. The summed E-state index contributed by atoms with van der Waals surface area (Å²) in [7, 11) is 3.33. The summed E-state index contributed by atoms with van der Waals surface area (Å²) in [6, 6.07) is 14.2. The molecule has 0 bridgehead atoms. The molecule has 3 rings (SSSR count). The fraction of sp³-hybridized carbons (Fsp3) is 0.458. The van der Waals surface area contributed by atoms with Crippen LogP contribution in [0.5, 0.6) is 11.5 Å². The van der Waals surface area contributed by atoms with Crippen molar-refractivity contribution in [3.05, 3.63) is 53.6 Å². The molecule has 31 heavy (non-hydrogen) atoms. The van der Waals surface area contributed by atoms with E-state index in [4.69, 9.17) is 26.4 Å². The number of rotatable bonds is 9. The molecule has 6 nitrogen and oxygen atoms in total. The zero-order valence-electron chi connectivity index (χ0n) is 18.7. The van der Waals surface area contributed by atoms with E-state index in [1.54, 1.807) is 14.2 Å². The number of methoxy groups -OCH3 is 2. The van der Waals surface area contributed by atoms with E-state index >= 15 is 0 Å². The Balaban J connectivity index is 1.71. The van der Waals surface area contributed by atoms with Crippen molar-refractivity contribution in [2.75, 3.05) is 58.9 Å². The molecule has 0 amide bonds. The van der Waals surface area contributed by atoms with Gasteiger partial charge in [-0.3, -0.25) is 4.90 Å². The number of para-hydroxylation sites is 1. The number of morpholine rings is 1. The normalized spacial score (nSPS) is 14.2. The lowest BCUT2D eigenvalue weighted by Gasteiger charge is -2.30. The molecule has 1 saturated heterocycles. The van der Waals surface area contributed by atoms with Crippen LogP contribution in [-0.2, 0) is 11.3 Å². The van der Waals surface area contributed by atoms with Crippen LogP contribution < -0.4 is 14.8 Å². The number of anilines is 1. The maximum Gasteiger partial charge on any atom is 0.173 e. The Hall–Kier alpha value is -2.35. The van der Waals surface area contributed by atoms with Gasteiger partial charge in [-0.15, -0.1) is 0 Å². The smallest absolute Gasteiger partial charge is 0.173 e. The molecule has 0 spiro atoms. The summed E-state index contributed by atoms with van der Waals surface area (Å²) in [6.45, 7) is 8.22. The first-order valence-corrected chi connectivity index (χ1v) is 11.1. The Morgan fingerprint density at radius 2 is 1.84 bits per heavy atom. The van der Waals surface area contributed by atoms with Gasteiger partial charge in [-0.05, 0) is 43.8 Å². The van der Waals surface area contributed by atoms with E-state index < -0.39 is 0 Å². The van der Waals surface area contributed by atoms with E-state index in [9.17, 15) is 0 Å². The predicted molar refractivity (Wildman–Crippen MR) is 129 cm³/mol. The summed E-state index contributed by atoms with van der Waals surface area (Å²) in [5, 5.41) is 4.10. The zero-order chi connectivity index (χ0) is 22.1. The molecule has 0 saturated carbocycles. The largest absolute Gasteiger partial charge is 0.493 e. The third kappa shape index (κ3) is 6.82. The monoisotopic (exact) mass is 443 g/mol. The Labute approximate surface area is 191 Å². The number of ether oxygens (including phenoxy) is 3. The van der Waals surface area contributed by atoms with Crippen molar-refractivity contribution in [1.29, 1.82) is 0 Å². The van der Waals surface area contributed by atoms with Gasteiger partial charge in [-0.1, -0.05) is 29.8 Å². The topological polar surface area (TPSA) is 46.2 Å². The molecule has 1 aliphatic heterocycles. The van der Waals surface area contributed by atoms with E-state index in [-0.39, 0.29) is 0 Å². The molecule has 2 aromatic carbocycles. The first kappa shape index (κ1) is 23.3. The lowest BCUT2D eigenvalue weighted by molar-refractivity contribution is 0.0367. The molecule has 1 aliphatic rings. The van der Waals surface area contributed by atoms with E-state index in [2.05, 4.69) is 52.4 Å². The van der Waals surface area contributed by atoms with Crippen molar-refractivity contribution >= 4 is 23.0 Å². The van der Waals surface area contributed by atoms with E-state index in [0.717, 1.165) is 68.6 Å². The fourth-order valence-electron chi connectivity index (χ4n) is 3.69. The lowest BCUT2D eigenvalue weighted by atomic mass is 10.1. The molecule has 1 N–H and O–H groups in total. The predicted octanol–water partition coefficient (Wildman–Crippen LogP) is 3.93. The number of benzene rings is 2. The number of nitrogens with one attached hydrogen (secondary N) is 1. The second-order valence-electron chi connectivity index (χ2n) is 7.68. The minimum atomic E-state index is 0.640. The first-order chi connectivity index (χ1) is 15.1. The van der Waals surface area contributed by atoms with Crippen LogP contribution in [-0.4, -0.2) is 68.5 Å². The lowest BCUT2D eigenvalue weighted by Crippen LogP contribution is -2.40. The van der Waals surface area contributed by atoms with Crippen LogP contribution in [0.2, 0.25) is 0 Å². The van der Waals surface area contributed by atoms with Crippen molar-refractivity contribution in [3.8, 4) is 11.5 Å². The SMILES string of the molecule is COc1cccc(CN(CCCN2CCOCC2)C(=S)Nc2ccc(C)cc2)c1OC. The quantitative estimate of drug-likeness (QED) is 0.589. The van der Waals surface area contributed by atoms with E-state index in [1.807, 2.05) is 12.1 Å². The minimum Gasteiger partial charge on any atom is -0.493 e. The number of aryl methyl sites for hydroxylation is 1. The van der Waals surface area contributed by atoms with Gasteiger partial charge in [0.1, 0.15) is 0 Å². The Bertz CT molecular complexity index is 838. The van der Waals surface area contributed by atoms with Crippen LogP contribution in [0.1, 0.15) is 17.5 Å². The zero-order valence-corrected chi connectivity index (χ0v) is 19.5. The van der Waals surface area contributed by atoms with Crippen molar-refractivity contribution in [2.45, 2.75) is 19.9 Å². The number of thiocarbonyl (C=S) groups is 1. The molecule has 0 aliphatic carbocycles. The fourth-order valence-corrected chi connectivity index (χ4v) is 3.96. The molecule has 2 aromatic rings. The Morgan fingerprint density at radius 1 is 1.10 bits per heavy atom. The van der Waals surface area contributed by atoms with Gasteiger partial charge < -0.3 is 24.4 Å².